The number of rotatable bonds is 0. The fourth-order valence-corrected chi connectivity index (χ4v) is 0.834. The molecular weight excluding hydrogens is 215 g/mol. The second-order valence-corrected chi connectivity index (χ2v) is 2.50. The van der Waals surface area contributed by atoms with Gasteiger partial charge in [-0.05, 0) is 0 Å². The van der Waals surface area contributed by atoms with Gasteiger partial charge in [-0.25, -0.2) is 12.1 Å². The van der Waals surface area contributed by atoms with E-state index in [9.17, 15) is 0 Å². The zero-order valence-corrected chi connectivity index (χ0v) is 8.88. The van der Waals surface area contributed by atoms with Crippen molar-refractivity contribution >= 4 is 0 Å². The van der Waals surface area contributed by atoms with Crippen LogP contribution in [-0.4, -0.2) is 0 Å². The molecule has 2 rings (SSSR count). The Morgan fingerprint density at radius 1 is 0.500 bits per heavy atom. The van der Waals surface area contributed by atoms with Crippen molar-refractivity contribution in [3.63, 3.8) is 0 Å². The molecule has 0 amide bonds. The van der Waals surface area contributed by atoms with Crippen LogP contribution in [0.4, 0.5) is 0 Å². The van der Waals surface area contributed by atoms with Crippen LogP contribution in [0.1, 0.15) is 0 Å². The van der Waals surface area contributed by atoms with Crippen molar-refractivity contribution in [2.45, 2.75) is 0 Å². The summed E-state index contributed by atoms with van der Waals surface area (Å²) in [6.45, 7) is 0. The van der Waals surface area contributed by atoms with Crippen LogP contribution in [0.15, 0.2) is 78.9 Å². The van der Waals surface area contributed by atoms with E-state index in [-0.39, 0.29) is 16.8 Å². The topological polar surface area (TPSA) is 0 Å². The summed E-state index contributed by atoms with van der Waals surface area (Å²) in [5, 5.41) is 0. The van der Waals surface area contributed by atoms with E-state index in [1.807, 2.05) is 78.9 Å². The molecule has 0 saturated heterocycles. The Morgan fingerprint density at radius 2 is 0.786 bits per heavy atom. The van der Waals surface area contributed by atoms with Gasteiger partial charge in [0.15, 0.2) is 0 Å². The van der Waals surface area contributed by atoms with Gasteiger partial charge >= 0.3 is 0 Å². The second kappa shape index (κ2) is 9.90. The standard InChI is InChI=1S/C8H8.C5H5.Co/c1-2-4-6-8-7-5-3-1;1-2-4-5-3-1;/h1-8H;1-5H;/q;-1;. The SMILES string of the molecule is C1=CC=CC=CC=C1.[Co].c1cc[cH-]c1. The van der Waals surface area contributed by atoms with E-state index in [0.29, 0.717) is 0 Å². The summed E-state index contributed by atoms with van der Waals surface area (Å²) >= 11 is 0. The Labute approximate surface area is 95.9 Å². The van der Waals surface area contributed by atoms with E-state index in [1.165, 1.54) is 0 Å². The summed E-state index contributed by atoms with van der Waals surface area (Å²) in [7, 11) is 0. The third kappa shape index (κ3) is 7.46. The molecule has 1 heteroatoms. The zero-order chi connectivity index (χ0) is 9.19. The van der Waals surface area contributed by atoms with Crippen molar-refractivity contribution in [1.82, 2.24) is 0 Å². The smallest absolute Gasteiger partial charge is 0 e. The minimum absolute atomic E-state index is 0. The van der Waals surface area contributed by atoms with Crippen molar-refractivity contribution in [1.29, 1.82) is 0 Å². The normalized spacial score (nSPS) is 12.0. The maximum atomic E-state index is 2.00. The van der Waals surface area contributed by atoms with Crippen LogP contribution < -0.4 is 0 Å². The van der Waals surface area contributed by atoms with Gasteiger partial charge in [-0.2, -0.15) is 18.2 Å². The van der Waals surface area contributed by atoms with Crippen LogP contribution in [0.3, 0.4) is 0 Å². The molecule has 1 aromatic carbocycles. The first-order valence-electron chi connectivity index (χ1n) is 4.33. The maximum absolute atomic E-state index is 2.00. The van der Waals surface area contributed by atoms with Gasteiger partial charge in [-0.1, -0.05) is 48.6 Å². The van der Waals surface area contributed by atoms with Crippen LogP contribution in [-0.2, 0) is 16.8 Å². The van der Waals surface area contributed by atoms with Gasteiger partial charge in [0.2, 0.25) is 0 Å². The van der Waals surface area contributed by atoms with Crippen molar-refractivity contribution in [2.75, 3.05) is 0 Å². The quantitative estimate of drug-likeness (QED) is 0.595. The molecule has 14 heavy (non-hydrogen) atoms. The molecule has 1 aliphatic rings. The molecule has 0 aliphatic heterocycles. The Bertz CT molecular complexity index is 227. The van der Waals surface area contributed by atoms with E-state index in [2.05, 4.69) is 0 Å². The van der Waals surface area contributed by atoms with Gasteiger partial charge in [0.25, 0.3) is 0 Å². The van der Waals surface area contributed by atoms with Gasteiger partial charge in [-0.3, -0.25) is 0 Å². The molecule has 0 fully saturated rings. The number of hydrogen-bond donors (Lipinski definition) is 0. The molecule has 0 bridgehead atoms. The number of allylic oxidation sites excluding steroid dienone is 8. The van der Waals surface area contributed by atoms with Gasteiger partial charge in [0.05, 0.1) is 0 Å². The first kappa shape index (κ1) is 12.8. The van der Waals surface area contributed by atoms with Gasteiger partial charge < -0.3 is 0 Å². The average Bonchev–Trinajstić information content (AvgIpc) is 2.58. The molecule has 75 valence electrons. The van der Waals surface area contributed by atoms with Crippen LogP contribution in [0, 0.1) is 0 Å². The maximum Gasteiger partial charge on any atom is 0 e. The molecule has 0 unspecified atom stereocenters. The third-order valence-electron chi connectivity index (χ3n) is 1.44. The Balaban J connectivity index is 0.000000246. The monoisotopic (exact) mass is 228 g/mol. The second-order valence-electron chi connectivity index (χ2n) is 2.50. The van der Waals surface area contributed by atoms with Crippen molar-refractivity contribution < 1.29 is 16.8 Å². The molecule has 0 atom stereocenters. The van der Waals surface area contributed by atoms with E-state index < -0.39 is 0 Å². The van der Waals surface area contributed by atoms with Crippen LogP contribution in [0.5, 0.6) is 0 Å². The van der Waals surface area contributed by atoms with E-state index >= 15 is 0 Å². The van der Waals surface area contributed by atoms with Crippen LogP contribution in [0.2, 0.25) is 0 Å². The molecule has 0 aromatic heterocycles. The molecule has 0 spiro atoms. The third-order valence-corrected chi connectivity index (χ3v) is 1.44. The summed E-state index contributed by atoms with van der Waals surface area (Å²) in [6, 6.07) is 10.0. The van der Waals surface area contributed by atoms with Gasteiger partial charge in [0.1, 0.15) is 0 Å². The predicted octanol–water partition coefficient (Wildman–Crippen LogP) is 3.63. The zero-order valence-electron chi connectivity index (χ0n) is 7.84. The summed E-state index contributed by atoms with van der Waals surface area (Å²) in [4.78, 5) is 0. The first-order chi connectivity index (χ1) is 6.50. The molecule has 1 aromatic rings. The Kier molecular flexibility index (Phi) is 9.06. The molecule has 0 saturated carbocycles. The minimum atomic E-state index is 0. The Morgan fingerprint density at radius 3 is 0.929 bits per heavy atom. The summed E-state index contributed by atoms with van der Waals surface area (Å²) < 4.78 is 0. The van der Waals surface area contributed by atoms with Crippen molar-refractivity contribution in [3.05, 3.63) is 78.9 Å². The van der Waals surface area contributed by atoms with Crippen molar-refractivity contribution in [2.24, 2.45) is 0 Å². The summed E-state index contributed by atoms with van der Waals surface area (Å²) in [5.41, 5.74) is 0. The molecule has 1 aliphatic carbocycles. The fraction of sp³-hybridized carbons (Fsp3) is 0. The summed E-state index contributed by atoms with van der Waals surface area (Å²) in [6.07, 6.45) is 16.0. The van der Waals surface area contributed by atoms with E-state index in [4.69, 9.17) is 0 Å². The molecule has 0 nitrogen and oxygen atoms in total. The van der Waals surface area contributed by atoms with Gasteiger partial charge in [-0.15, -0.1) is 0 Å². The van der Waals surface area contributed by atoms with Crippen molar-refractivity contribution in [3.8, 4) is 0 Å². The number of hydrogen-bond acceptors (Lipinski definition) is 0. The molecule has 0 N–H and O–H groups in total. The van der Waals surface area contributed by atoms with Gasteiger partial charge in [0, 0.05) is 16.8 Å². The molecular formula is C13H13Co-. The van der Waals surface area contributed by atoms with Crippen LogP contribution in [0.25, 0.3) is 0 Å². The Hall–Kier alpha value is -1.18. The largest absolute Gasteiger partial charge is 0.214 e. The van der Waals surface area contributed by atoms with E-state index in [1.54, 1.807) is 0 Å². The first-order valence-corrected chi connectivity index (χ1v) is 4.33. The van der Waals surface area contributed by atoms with Crippen LogP contribution >= 0.6 is 0 Å². The summed E-state index contributed by atoms with van der Waals surface area (Å²) in [5.74, 6) is 0. The fourth-order valence-electron chi connectivity index (χ4n) is 0.834. The average molecular weight is 228 g/mol. The van der Waals surface area contributed by atoms with E-state index in [0.717, 1.165) is 0 Å². The molecule has 1 radical (unpaired) electrons. The predicted molar refractivity (Wildman–Crippen MR) is 58.6 cm³/mol. The molecule has 0 heterocycles. The minimum Gasteiger partial charge on any atom is -0.214 e.